The first-order valence-electron chi connectivity index (χ1n) is 11.6. The molecule has 0 radical (unpaired) electrons. The Balaban J connectivity index is 1.64. The molecule has 3 atom stereocenters. The van der Waals surface area contributed by atoms with Crippen molar-refractivity contribution in [3.63, 3.8) is 0 Å². The van der Waals surface area contributed by atoms with Crippen molar-refractivity contribution in [3.05, 3.63) is 58.4 Å². The van der Waals surface area contributed by atoms with Crippen LogP contribution in [0, 0.1) is 0 Å². The van der Waals surface area contributed by atoms with Crippen LogP contribution in [0.5, 0.6) is 0 Å². The van der Waals surface area contributed by atoms with Gasteiger partial charge in [-0.3, -0.25) is 9.59 Å². The van der Waals surface area contributed by atoms with Crippen molar-refractivity contribution in [2.45, 2.75) is 77.4 Å². The quantitative estimate of drug-likeness (QED) is 0.471. The van der Waals surface area contributed by atoms with E-state index in [-0.39, 0.29) is 30.5 Å². The summed E-state index contributed by atoms with van der Waals surface area (Å²) in [6, 6.07) is 6.71. The lowest BCUT2D eigenvalue weighted by Crippen LogP contribution is -2.57. The Morgan fingerprint density at radius 3 is 2.76 bits per heavy atom. The van der Waals surface area contributed by atoms with Gasteiger partial charge >= 0.3 is 0 Å². The molecule has 0 fully saturated rings. The molecule has 0 unspecified atom stereocenters. The lowest BCUT2D eigenvalue weighted by atomic mass is 9.87. The van der Waals surface area contributed by atoms with E-state index < -0.39 is 12.1 Å². The number of hydrogen-bond donors (Lipinski definition) is 3. The predicted octanol–water partition coefficient (Wildman–Crippen LogP) is 2.33. The summed E-state index contributed by atoms with van der Waals surface area (Å²) in [6.07, 6.45) is 5.10. The van der Waals surface area contributed by atoms with E-state index in [1.165, 1.54) is 6.92 Å². The molecule has 34 heavy (non-hydrogen) atoms. The van der Waals surface area contributed by atoms with Crippen molar-refractivity contribution in [3.8, 4) is 0 Å². The standard InChI is InChI=1S/C24H33ClN6O3/c1-4-20(5-2)34-22-11-17(10-21(26)23(22)28-15(3)32)24(33)27-12-19-14-31(30-29-19)13-16-7-6-8-18(25)9-16/h6-9,11,14,20-23H,4-5,10,12-13,26H2,1-3H3,(H,27,33)(H,28,32)/t21-,22+,23+/m0/s1. The molecule has 1 heterocycles. The van der Waals surface area contributed by atoms with Crippen molar-refractivity contribution in [2.24, 2.45) is 5.73 Å². The number of nitrogens with zero attached hydrogens (tertiary/aromatic N) is 3. The minimum atomic E-state index is -0.475. The Kier molecular flexibility index (Phi) is 9.20. The normalized spacial score (nSPS) is 20.2. The predicted molar refractivity (Wildman–Crippen MR) is 130 cm³/mol. The van der Waals surface area contributed by atoms with Crippen molar-refractivity contribution in [1.29, 1.82) is 0 Å². The maximum absolute atomic E-state index is 12.9. The molecule has 1 aromatic carbocycles. The SMILES string of the molecule is CCC(CC)O[C@@H]1C=C(C(=O)NCc2cn(Cc3cccc(Cl)c3)nn2)C[C@H](N)[C@H]1NC(C)=O. The van der Waals surface area contributed by atoms with Gasteiger partial charge in [-0.1, -0.05) is 42.8 Å². The van der Waals surface area contributed by atoms with E-state index in [9.17, 15) is 9.59 Å². The highest BCUT2D eigenvalue weighted by molar-refractivity contribution is 6.30. The number of benzene rings is 1. The van der Waals surface area contributed by atoms with Gasteiger partial charge in [-0.25, -0.2) is 4.68 Å². The van der Waals surface area contributed by atoms with Crippen LogP contribution in [0.3, 0.4) is 0 Å². The first-order chi connectivity index (χ1) is 16.3. The highest BCUT2D eigenvalue weighted by Crippen LogP contribution is 2.23. The van der Waals surface area contributed by atoms with Gasteiger partial charge in [-0.15, -0.1) is 5.10 Å². The average Bonchev–Trinajstić information content (AvgIpc) is 3.24. The Bertz CT molecular complexity index is 1020. The molecule has 0 bridgehead atoms. The molecule has 2 aromatic rings. The van der Waals surface area contributed by atoms with E-state index in [2.05, 4.69) is 20.9 Å². The maximum Gasteiger partial charge on any atom is 0.247 e. The number of ether oxygens (including phenoxy) is 1. The molecule has 9 nitrogen and oxygen atoms in total. The zero-order valence-electron chi connectivity index (χ0n) is 19.8. The van der Waals surface area contributed by atoms with E-state index in [0.29, 0.717) is 29.3 Å². The van der Waals surface area contributed by atoms with E-state index in [1.807, 2.05) is 38.1 Å². The number of carbonyl (C=O) groups excluding carboxylic acids is 2. The number of hydrogen-bond acceptors (Lipinski definition) is 6. The second kappa shape index (κ2) is 12.1. The van der Waals surface area contributed by atoms with Gasteiger partial charge in [0.15, 0.2) is 0 Å². The summed E-state index contributed by atoms with van der Waals surface area (Å²) in [5, 5.41) is 14.7. The van der Waals surface area contributed by atoms with E-state index in [4.69, 9.17) is 22.1 Å². The van der Waals surface area contributed by atoms with Crippen molar-refractivity contribution < 1.29 is 14.3 Å². The molecule has 0 saturated carbocycles. The average molecular weight is 489 g/mol. The van der Waals surface area contributed by atoms with Gasteiger partial charge in [-0.05, 0) is 43.0 Å². The second-order valence-corrected chi connectivity index (χ2v) is 8.98. The molecule has 1 aliphatic carbocycles. The molecule has 184 valence electrons. The Hall–Kier alpha value is -2.75. The highest BCUT2D eigenvalue weighted by Gasteiger charge is 2.35. The number of nitrogens with two attached hydrogens (primary N) is 1. The third-order valence-corrected chi connectivity index (χ3v) is 6.04. The third-order valence-electron chi connectivity index (χ3n) is 5.81. The summed E-state index contributed by atoms with van der Waals surface area (Å²) in [6.45, 7) is 6.30. The first-order valence-corrected chi connectivity index (χ1v) is 12.0. The summed E-state index contributed by atoms with van der Waals surface area (Å²) in [4.78, 5) is 24.6. The van der Waals surface area contributed by atoms with Crippen molar-refractivity contribution in [2.75, 3.05) is 0 Å². The number of nitrogens with one attached hydrogen (secondary N) is 2. The number of halogens is 1. The zero-order valence-corrected chi connectivity index (χ0v) is 20.6. The van der Waals surface area contributed by atoms with Gasteiger partial charge in [0.25, 0.3) is 0 Å². The van der Waals surface area contributed by atoms with Crippen molar-refractivity contribution in [1.82, 2.24) is 25.6 Å². The van der Waals surface area contributed by atoms with Gasteiger partial charge in [0.05, 0.1) is 37.5 Å². The van der Waals surface area contributed by atoms with Gasteiger partial charge in [0.1, 0.15) is 5.69 Å². The van der Waals surface area contributed by atoms with E-state index in [1.54, 1.807) is 17.0 Å². The van der Waals surface area contributed by atoms with Crippen LogP contribution in [0.15, 0.2) is 42.1 Å². The molecule has 3 rings (SSSR count). The molecule has 0 spiro atoms. The van der Waals surface area contributed by atoms with Crippen LogP contribution < -0.4 is 16.4 Å². The fourth-order valence-electron chi connectivity index (χ4n) is 4.02. The van der Waals surface area contributed by atoms with Crippen LogP contribution >= 0.6 is 11.6 Å². The fraction of sp³-hybridized carbons (Fsp3) is 0.500. The number of rotatable bonds is 10. The maximum atomic E-state index is 12.9. The molecule has 2 amide bonds. The topological polar surface area (TPSA) is 124 Å². The van der Waals surface area contributed by atoms with Gasteiger partial charge in [0, 0.05) is 23.6 Å². The molecule has 1 aliphatic rings. The largest absolute Gasteiger partial charge is 0.369 e. The van der Waals surface area contributed by atoms with Crippen molar-refractivity contribution >= 4 is 23.4 Å². The molecule has 0 aliphatic heterocycles. The Labute approximate surface area is 205 Å². The van der Waals surface area contributed by atoms with Gasteiger partial charge < -0.3 is 21.1 Å². The Morgan fingerprint density at radius 2 is 2.09 bits per heavy atom. The smallest absolute Gasteiger partial charge is 0.247 e. The van der Waals surface area contributed by atoms with Crippen LogP contribution in [0.25, 0.3) is 0 Å². The second-order valence-electron chi connectivity index (χ2n) is 8.55. The summed E-state index contributed by atoms with van der Waals surface area (Å²) < 4.78 is 7.89. The lowest BCUT2D eigenvalue weighted by Gasteiger charge is -2.36. The number of aromatic nitrogens is 3. The number of carbonyl (C=O) groups is 2. The lowest BCUT2D eigenvalue weighted by molar-refractivity contribution is -0.121. The third kappa shape index (κ3) is 7.12. The summed E-state index contributed by atoms with van der Waals surface area (Å²) in [5.74, 6) is -0.417. The fourth-order valence-corrected chi connectivity index (χ4v) is 4.23. The van der Waals surface area contributed by atoms with Crippen LogP contribution in [0.1, 0.15) is 51.3 Å². The first kappa shape index (κ1) is 25.9. The molecule has 0 saturated heterocycles. The van der Waals surface area contributed by atoms with Gasteiger partial charge in [0.2, 0.25) is 11.8 Å². The minimum Gasteiger partial charge on any atom is -0.369 e. The molecule has 10 heteroatoms. The Morgan fingerprint density at radius 1 is 1.32 bits per heavy atom. The molecule has 1 aromatic heterocycles. The summed E-state index contributed by atoms with van der Waals surface area (Å²) in [7, 11) is 0. The molecular formula is C24H33ClN6O3. The minimum absolute atomic E-state index is 0.0154. The highest BCUT2D eigenvalue weighted by atomic mass is 35.5. The van der Waals surface area contributed by atoms with Crippen LogP contribution in [-0.2, 0) is 27.4 Å². The number of amides is 2. The molecule has 4 N–H and O–H groups in total. The van der Waals surface area contributed by atoms with Crippen LogP contribution in [0.2, 0.25) is 5.02 Å². The monoisotopic (exact) mass is 488 g/mol. The summed E-state index contributed by atoms with van der Waals surface area (Å²) >= 11 is 6.04. The van der Waals surface area contributed by atoms with E-state index in [0.717, 1.165) is 18.4 Å². The van der Waals surface area contributed by atoms with E-state index >= 15 is 0 Å². The van der Waals surface area contributed by atoms with Crippen LogP contribution in [-0.4, -0.2) is 51.1 Å². The van der Waals surface area contributed by atoms with Crippen LogP contribution in [0.4, 0.5) is 0 Å². The zero-order chi connectivity index (χ0) is 24.7. The van der Waals surface area contributed by atoms with Gasteiger partial charge in [-0.2, -0.15) is 0 Å². The molecular weight excluding hydrogens is 456 g/mol. The summed E-state index contributed by atoms with van der Waals surface area (Å²) in [5.41, 5.74) is 8.53.